The van der Waals surface area contributed by atoms with E-state index in [-0.39, 0.29) is 0 Å². The van der Waals surface area contributed by atoms with Gasteiger partial charge in [0.15, 0.2) is 5.75 Å². The van der Waals surface area contributed by atoms with E-state index < -0.39 is 40.8 Å². The molecule has 26 heavy (non-hydrogen) atoms. The van der Waals surface area contributed by atoms with Crippen LogP contribution < -0.4 is 9.57 Å². The molecule has 136 valence electrons. The fourth-order valence-corrected chi connectivity index (χ4v) is 1.71. The summed E-state index contributed by atoms with van der Waals surface area (Å²) in [5.41, 5.74) is 0.805. The zero-order valence-electron chi connectivity index (χ0n) is 13.1. The van der Waals surface area contributed by atoms with Crippen LogP contribution in [0.5, 0.6) is 11.5 Å². The van der Waals surface area contributed by atoms with Crippen molar-refractivity contribution in [1.82, 2.24) is 0 Å². The molecule has 0 saturated heterocycles. The smallest absolute Gasteiger partial charge is 0.336 e. The van der Waals surface area contributed by atoms with Gasteiger partial charge in [0, 0.05) is 6.08 Å². The maximum Gasteiger partial charge on any atom is 0.336 e. The van der Waals surface area contributed by atoms with Crippen molar-refractivity contribution in [3.63, 3.8) is 0 Å². The Bertz CT molecular complexity index is 867. The van der Waals surface area contributed by atoms with Gasteiger partial charge in [-0.25, -0.2) is 18.0 Å². The Morgan fingerprint density at radius 1 is 0.962 bits per heavy atom. The van der Waals surface area contributed by atoms with Crippen molar-refractivity contribution in [2.24, 2.45) is 5.16 Å². The number of carbonyl (C=O) groups is 1. The predicted molar refractivity (Wildman–Crippen MR) is 81.3 cm³/mol. The molecule has 0 unspecified atom stereocenters. The van der Waals surface area contributed by atoms with Crippen molar-refractivity contribution in [3.05, 3.63) is 71.1 Å². The Morgan fingerprint density at radius 3 is 2.15 bits per heavy atom. The second-order valence-electron chi connectivity index (χ2n) is 4.79. The molecule has 0 radical (unpaired) electrons. The molecule has 0 N–H and O–H groups in total. The lowest BCUT2D eigenvalue weighted by Gasteiger charge is -2.06. The topological polar surface area (TPSA) is 47.9 Å². The number of aryl methyl sites for hydroxylation is 1. The van der Waals surface area contributed by atoms with E-state index in [1.807, 2.05) is 0 Å². The molecule has 0 spiro atoms. The average Bonchev–Trinajstić information content (AvgIpc) is 2.63. The molecule has 0 fully saturated rings. The lowest BCUT2D eigenvalue weighted by Crippen LogP contribution is -2.11. The highest BCUT2D eigenvalue weighted by Crippen LogP contribution is 2.29. The van der Waals surface area contributed by atoms with Gasteiger partial charge in [-0.1, -0.05) is 23.4 Å². The van der Waals surface area contributed by atoms with Crippen molar-refractivity contribution in [3.8, 4) is 11.5 Å². The van der Waals surface area contributed by atoms with Gasteiger partial charge in [-0.15, -0.1) is 0 Å². The third-order valence-corrected chi connectivity index (χ3v) is 3.00. The number of esters is 1. The SMILES string of the molecule is Cc1ccccc1O/N=C/C=C/C(=O)Oc1c(F)c(F)c(F)c(F)c1F. The van der Waals surface area contributed by atoms with E-state index >= 15 is 0 Å². The second kappa shape index (κ2) is 8.24. The van der Waals surface area contributed by atoms with Crippen LogP contribution in [-0.2, 0) is 4.79 Å². The number of ether oxygens (including phenoxy) is 1. The Kier molecular flexibility index (Phi) is 6.05. The normalized spacial score (nSPS) is 11.3. The summed E-state index contributed by atoms with van der Waals surface area (Å²) < 4.78 is 69.7. The summed E-state index contributed by atoms with van der Waals surface area (Å²) in [5.74, 6) is -13.9. The molecule has 0 aromatic heterocycles. The number of rotatable bonds is 5. The van der Waals surface area contributed by atoms with Crippen molar-refractivity contribution in [2.75, 3.05) is 0 Å². The molecular formula is C17H10F5NO3. The van der Waals surface area contributed by atoms with E-state index in [9.17, 15) is 26.7 Å². The number of allylic oxidation sites excluding steroid dienone is 1. The second-order valence-corrected chi connectivity index (χ2v) is 4.79. The van der Waals surface area contributed by atoms with Crippen LogP contribution in [0.25, 0.3) is 0 Å². The van der Waals surface area contributed by atoms with Gasteiger partial charge in [0.05, 0.1) is 6.21 Å². The zero-order chi connectivity index (χ0) is 19.3. The quantitative estimate of drug-likeness (QED) is 0.116. The molecule has 4 nitrogen and oxygen atoms in total. The highest BCUT2D eigenvalue weighted by molar-refractivity contribution is 5.89. The van der Waals surface area contributed by atoms with Gasteiger partial charge in [-0.3, -0.25) is 0 Å². The fourth-order valence-electron chi connectivity index (χ4n) is 1.71. The van der Waals surface area contributed by atoms with Gasteiger partial charge >= 0.3 is 5.97 Å². The molecular weight excluding hydrogens is 361 g/mol. The summed E-state index contributed by atoms with van der Waals surface area (Å²) in [6, 6.07) is 6.94. The van der Waals surface area contributed by atoms with E-state index in [0.717, 1.165) is 17.9 Å². The van der Waals surface area contributed by atoms with Gasteiger partial charge in [-0.2, -0.15) is 8.78 Å². The van der Waals surface area contributed by atoms with E-state index in [4.69, 9.17) is 4.84 Å². The number of para-hydroxylation sites is 1. The number of nitrogens with zero attached hydrogens (tertiary/aromatic N) is 1. The summed E-state index contributed by atoms with van der Waals surface area (Å²) in [6.45, 7) is 1.78. The van der Waals surface area contributed by atoms with Crippen LogP contribution in [-0.4, -0.2) is 12.2 Å². The summed E-state index contributed by atoms with van der Waals surface area (Å²) in [7, 11) is 0. The molecule has 0 aliphatic carbocycles. The van der Waals surface area contributed by atoms with Crippen LogP contribution in [0.4, 0.5) is 22.0 Å². The number of oxime groups is 1. The van der Waals surface area contributed by atoms with Crippen molar-refractivity contribution >= 4 is 12.2 Å². The monoisotopic (exact) mass is 371 g/mol. The highest BCUT2D eigenvalue weighted by Gasteiger charge is 2.28. The predicted octanol–water partition coefficient (Wildman–Crippen LogP) is 4.22. The Hall–Kier alpha value is -3.23. The lowest BCUT2D eigenvalue weighted by atomic mass is 10.2. The number of halogens is 5. The molecule has 0 amide bonds. The maximum atomic E-state index is 13.4. The minimum absolute atomic E-state index is 0.459. The largest absolute Gasteiger partial charge is 0.417 e. The Balaban J connectivity index is 2.02. The molecule has 2 aromatic rings. The third kappa shape index (κ3) is 4.24. The first-order valence-electron chi connectivity index (χ1n) is 6.98. The third-order valence-electron chi connectivity index (χ3n) is 3.00. The van der Waals surface area contributed by atoms with Crippen LogP contribution >= 0.6 is 0 Å². The molecule has 9 heteroatoms. The van der Waals surface area contributed by atoms with Gasteiger partial charge in [0.1, 0.15) is 0 Å². The van der Waals surface area contributed by atoms with Crippen LogP contribution in [0.2, 0.25) is 0 Å². The van der Waals surface area contributed by atoms with Gasteiger partial charge in [-0.05, 0) is 24.6 Å². The first kappa shape index (κ1) is 19.1. The average molecular weight is 371 g/mol. The minimum atomic E-state index is -2.35. The molecule has 0 aliphatic heterocycles. The van der Waals surface area contributed by atoms with E-state index in [1.165, 1.54) is 0 Å². The van der Waals surface area contributed by atoms with Crippen molar-refractivity contribution < 1.29 is 36.3 Å². The lowest BCUT2D eigenvalue weighted by molar-refractivity contribution is -0.129. The van der Waals surface area contributed by atoms with Crippen LogP contribution in [0.3, 0.4) is 0 Å². The highest BCUT2D eigenvalue weighted by atomic mass is 19.2. The number of hydrogen-bond donors (Lipinski definition) is 0. The number of hydrogen-bond acceptors (Lipinski definition) is 4. The van der Waals surface area contributed by atoms with E-state index in [1.54, 1.807) is 31.2 Å². The molecule has 0 heterocycles. The van der Waals surface area contributed by atoms with Gasteiger partial charge in [0.2, 0.25) is 34.8 Å². The maximum absolute atomic E-state index is 13.4. The summed E-state index contributed by atoms with van der Waals surface area (Å²) in [5, 5.41) is 3.52. The van der Waals surface area contributed by atoms with Gasteiger partial charge < -0.3 is 9.57 Å². The van der Waals surface area contributed by atoms with Gasteiger partial charge in [0.25, 0.3) is 0 Å². The molecule has 2 aromatic carbocycles. The Labute approximate surface area is 144 Å². The van der Waals surface area contributed by atoms with Crippen LogP contribution in [0, 0.1) is 36.0 Å². The number of carbonyl (C=O) groups excluding carboxylic acids is 1. The summed E-state index contributed by atoms with van der Waals surface area (Å²) in [6.07, 6.45) is 2.67. The van der Waals surface area contributed by atoms with Crippen molar-refractivity contribution in [2.45, 2.75) is 6.92 Å². The molecule has 0 atom stereocenters. The Morgan fingerprint density at radius 2 is 1.54 bits per heavy atom. The number of benzene rings is 2. The summed E-state index contributed by atoms with van der Waals surface area (Å²) >= 11 is 0. The van der Waals surface area contributed by atoms with Crippen molar-refractivity contribution in [1.29, 1.82) is 0 Å². The zero-order valence-corrected chi connectivity index (χ0v) is 13.1. The van der Waals surface area contributed by atoms with E-state index in [0.29, 0.717) is 11.8 Å². The molecule has 0 saturated carbocycles. The molecule has 2 rings (SSSR count). The minimum Gasteiger partial charge on any atom is -0.417 e. The fraction of sp³-hybridized carbons (Fsp3) is 0.0588. The van der Waals surface area contributed by atoms with Crippen LogP contribution in [0.1, 0.15) is 5.56 Å². The first-order chi connectivity index (χ1) is 12.3. The standard InChI is InChI=1S/C17H10F5NO3/c1-9-5-2-3-6-10(9)26-23-8-4-7-11(24)25-17-15(21)13(19)12(18)14(20)16(17)22/h2-8H,1H3/b7-4+,23-8+. The van der Waals surface area contributed by atoms with Crippen LogP contribution in [0.15, 0.2) is 41.6 Å². The summed E-state index contributed by atoms with van der Waals surface area (Å²) in [4.78, 5) is 16.5. The van der Waals surface area contributed by atoms with E-state index in [2.05, 4.69) is 9.89 Å². The molecule has 0 bridgehead atoms. The molecule has 0 aliphatic rings. The first-order valence-corrected chi connectivity index (χ1v) is 6.98.